The Kier molecular flexibility index (Phi) is 5.42. The second-order valence-corrected chi connectivity index (χ2v) is 8.08. The van der Waals surface area contributed by atoms with Gasteiger partial charge in [-0.05, 0) is 37.6 Å². The highest BCUT2D eigenvalue weighted by Crippen LogP contribution is 2.26. The van der Waals surface area contributed by atoms with E-state index in [1.807, 2.05) is 37.3 Å². The molecule has 2 aromatic carbocycles. The Morgan fingerprint density at radius 1 is 1.14 bits per heavy atom. The summed E-state index contributed by atoms with van der Waals surface area (Å²) in [5.41, 5.74) is 3.74. The van der Waals surface area contributed by atoms with E-state index < -0.39 is 0 Å². The van der Waals surface area contributed by atoms with Crippen molar-refractivity contribution < 1.29 is 4.79 Å². The van der Waals surface area contributed by atoms with Crippen LogP contribution >= 0.6 is 22.9 Å². The van der Waals surface area contributed by atoms with Gasteiger partial charge < -0.3 is 0 Å². The average Bonchev–Trinajstić information content (AvgIpc) is 3.25. The molecular weight excluding hydrogens is 406 g/mol. The Morgan fingerprint density at radius 2 is 1.93 bits per heavy atom. The molecule has 0 saturated heterocycles. The summed E-state index contributed by atoms with van der Waals surface area (Å²) in [6.45, 7) is 3.74. The number of anilines is 1. The fraction of sp³-hybridized carbons (Fsp3) is 0.143. The Balaban J connectivity index is 1.52. The molecule has 0 spiro atoms. The maximum absolute atomic E-state index is 12.7. The lowest BCUT2D eigenvalue weighted by molar-refractivity contribution is 0.102. The molecule has 0 radical (unpaired) electrons. The summed E-state index contributed by atoms with van der Waals surface area (Å²) in [4.78, 5) is 18.3. The van der Waals surface area contributed by atoms with Crippen LogP contribution in [0.15, 0.2) is 54.6 Å². The van der Waals surface area contributed by atoms with Crippen molar-refractivity contribution in [3.8, 4) is 5.69 Å². The van der Waals surface area contributed by atoms with E-state index in [4.69, 9.17) is 11.6 Å². The lowest BCUT2D eigenvalue weighted by Crippen LogP contribution is -2.14. The van der Waals surface area contributed by atoms with E-state index in [-0.39, 0.29) is 11.6 Å². The number of nitrogens with one attached hydrogen (secondary N) is 1. The van der Waals surface area contributed by atoms with Crippen LogP contribution in [0.1, 0.15) is 32.3 Å². The van der Waals surface area contributed by atoms with Crippen molar-refractivity contribution >= 4 is 34.0 Å². The zero-order chi connectivity index (χ0) is 20.4. The van der Waals surface area contributed by atoms with Crippen molar-refractivity contribution in [2.45, 2.75) is 20.3 Å². The third-order valence-corrected chi connectivity index (χ3v) is 5.79. The second-order valence-electron chi connectivity index (χ2n) is 6.56. The first-order chi connectivity index (χ1) is 14.0. The zero-order valence-electron chi connectivity index (χ0n) is 15.9. The van der Waals surface area contributed by atoms with E-state index in [1.54, 1.807) is 23.7 Å². The van der Waals surface area contributed by atoms with Crippen LogP contribution in [0, 0.1) is 13.8 Å². The minimum Gasteiger partial charge on any atom is -0.296 e. The Labute approximate surface area is 177 Å². The molecular formula is C21H18ClN5OS. The van der Waals surface area contributed by atoms with Crippen molar-refractivity contribution in [3.63, 3.8) is 0 Å². The number of carbonyl (C=O) groups is 1. The van der Waals surface area contributed by atoms with E-state index in [0.29, 0.717) is 15.8 Å². The maximum Gasteiger partial charge on any atom is 0.279 e. The summed E-state index contributed by atoms with van der Waals surface area (Å²) < 4.78 is 1.59. The first-order valence-electron chi connectivity index (χ1n) is 9.01. The number of aryl methyl sites for hydroxylation is 1. The van der Waals surface area contributed by atoms with Gasteiger partial charge in [-0.1, -0.05) is 53.2 Å². The molecule has 8 heteroatoms. The monoisotopic (exact) mass is 423 g/mol. The fourth-order valence-corrected chi connectivity index (χ4v) is 4.15. The van der Waals surface area contributed by atoms with Crippen LogP contribution in [0.2, 0.25) is 5.02 Å². The number of carbonyl (C=O) groups excluding carboxylic acids is 1. The van der Waals surface area contributed by atoms with Crippen LogP contribution < -0.4 is 5.32 Å². The summed E-state index contributed by atoms with van der Waals surface area (Å²) in [5, 5.41) is 12.1. The maximum atomic E-state index is 12.7. The molecule has 6 nitrogen and oxygen atoms in total. The van der Waals surface area contributed by atoms with Gasteiger partial charge in [0.05, 0.1) is 17.1 Å². The van der Waals surface area contributed by atoms with E-state index in [1.165, 1.54) is 16.9 Å². The van der Waals surface area contributed by atoms with Gasteiger partial charge in [-0.15, -0.1) is 16.4 Å². The zero-order valence-corrected chi connectivity index (χ0v) is 17.5. The molecule has 0 aliphatic carbocycles. The van der Waals surface area contributed by atoms with Crippen LogP contribution in [-0.4, -0.2) is 25.9 Å². The molecule has 146 valence electrons. The number of halogens is 1. The molecule has 1 amide bonds. The van der Waals surface area contributed by atoms with Gasteiger partial charge in [0.25, 0.3) is 5.91 Å². The lowest BCUT2D eigenvalue weighted by Gasteiger charge is -2.04. The molecule has 1 N–H and O–H groups in total. The van der Waals surface area contributed by atoms with E-state index in [9.17, 15) is 4.79 Å². The molecule has 0 atom stereocenters. The fourth-order valence-electron chi connectivity index (χ4n) is 2.98. The quantitative estimate of drug-likeness (QED) is 0.498. The summed E-state index contributed by atoms with van der Waals surface area (Å²) in [5.74, 6) is -0.337. The topological polar surface area (TPSA) is 72.7 Å². The first-order valence-corrected chi connectivity index (χ1v) is 10.2. The van der Waals surface area contributed by atoms with E-state index in [0.717, 1.165) is 22.7 Å². The Bertz CT molecular complexity index is 1170. The van der Waals surface area contributed by atoms with E-state index in [2.05, 4.69) is 32.7 Å². The van der Waals surface area contributed by atoms with Crippen LogP contribution in [0.25, 0.3) is 5.69 Å². The van der Waals surface area contributed by atoms with Gasteiger partial charge in [0.2, 0.25) is 0 Å². The highest BCUT2D eigenvalue weighted by atomic mass is 35.5. The number of nitrogens with zero attached hydrogens (tertiary/aromatic N) is 4. The predicted molar refractivity (Wildman–Crippen MR) is 115 cm³/mol. The molecule has 2 heterocycles. The number of benzene rings is 2. The van der Waals surface area contributed by atoms with Crippen molar-refractivity contribution in [1.82, 2.24) is 20.0 Å². The van der Waals surface area contributed by atoms with E-state index >= 15 is 0 Å². The minimum absolute atomic E-state index is 0.252. The van der Waals surface area contributed by atoms with Crippen LogP contribution in [0.5, 0.6) is 0 Å². The highest BCUT2D eigenvalue weighted by Gasteiger charge is 2.19. The summed E-state index contributed by atoms with van der Waals surface area (Å²) >= 11 is 7.52. The Morgan fingerprint density at radius 3 is 2.69 bits per heavy atom. The van der Waals surface area contributed by atoms with Gasteiger partial charge in [-0.3, -0.25) is 10.1 Å². The molecule has 29 heavy (non-hydrogen) atoms. The predicted octanol–water partition coefficient (Wildman–Crippen LogP) is 4.84. The molecule has 0 saturated carbocycles. The molecule has 4 rings (SSSR count). The lowest BCUT2D eigenvalue weighted by atomic mass is 10.1. The summed E-state index contributed by atoms with van der Waals surface area (Å²) in [6.07, 6.45) is 0.782. The smallest absolute Gasteiger partial charge is 0.279 e. The SMILES string of the molecule is Cc1nc(NC(=O)c2nnn(-c3cccc(Cl)c3)c2C)sc1Cc1ccccc1. The number of rotatable bonds is 5. The van der Waals surface area contributed by atoms with Gasteiger partial charge in [0.1, 0.15) is 0 Å². The summed E-state index contributed by atoms with van der Waals surface area (Å²) in [7, 11) is 0. The van der Waals surface area contributed by atoms with Gasteiger partial charge in [0, 0.05) is 16.3 Å². The Hall–Kier alpha value is -3.03. The molecule has 0 fully saturated rings. The molecule has 0 aliphatic rings. The average molecular weight is 424 g/mol. The number of amides is 1. The van der Waals surface area contributed by atoms with Crippen molar-refractivity contribution in [1.29, 1.82) is 0 Å². The number of hydrogen-bond acceptors (Lipinski definition) is 5. The molecule has 2 aromatic heterocycles. The highest BCUT2D eigenvalue weighted by molar-refractivity contribution is 7.15. The van der Waals surface area contributed by atoms with Crippen molar-refractivity contribution in [2.75, 3.05) is 5.32 Å². The number of thiazole rings is 1. The number of hydrogen-bond donors (Lipinski definition) is 1. The van der Waals surface area contributed by atoms with Crippen LogP contribution in [0.3, 0.4) is 0 Å². The standard InChI is InChI=1S/C21H18ClN5OS/c1-13-18(11-15-7-4-3-5-8-15)29-21(23-13)24-20(28)19-14(2)27(26-25-19)17-10-6-9-16(22)12-17/h3-10,12H,11H2,1-2H3,(H,23,24,28). The third-order valence-electron chi connectivity index (χ3n) is 4.48. The first kappa shape index (κ1) is 19.3. The third kappa shape index (κ3) is 4.21. The largest absolute Gasteiger partial charge is 0.296 e. The van der Waals surface area contributed by atoms with Gasteiger partial charge in [-0.2, -0.15) is 0 Å². The normalized spacial score (nSPS) is 10.9. The summed E-state index contributed by atoms with van der Waals surface area (Å²) in [6, 6.07) is 17.4. The van der Waals surface area contributed by atoms with Crippen LogP contribution in [0.4, 0.5) is 5.13 Å². The number of aromatic nitrogens is 4. The molecule has 0 unspecified atom stereocenters. The van der Waals surface area contributed by atoms with Gasteiger partial charge in [0.15, 0.2) is 10.8 Å². The van der Waals surface area contributed by atoms with Crippen molar-refractivity contribution in [2.24, 2.45) is 0 Å². The molecule has 4 aromatic rings. The van der Waals surface area contributed by atoms with Gasteiger partial charge in [-0.25, -0.2) is 9.67 Å². The second kappa shape index (κ2) is 8.14. The van der Waals surface area contributed by atoms with Crippen molar-refractivity contribution in [3.05, 3.63) is 87.1 Å². The molecule has 0 aliphatic heterocycles. The van der Waals surface area contributed by atoms with Crippen LogP contribution in [-0.2, 0) is 6.42 Å². The minimum atomic E-state index is -0.337. The molecule has 0 bridgehead atoms. The van der Waals surface area contributed by atoms with Gasteiger partial charge >= 0.3 is 0 Å².